The molecule has 0 spiro atoms. The van der Waals surface area contributed by atoms with Crippen LogP contribution in [0.25, 0.3) is 22.4 Å². The number of nitrogens with two attached hydrogens (primary N) is 2. The van der Waals surface area contributed by atoms with Gasteiger partial charge in [-0.25, -0.2) is 9.98 Å². The zero-order valence-electron chi connectivity index (χ0n) is 14.7. The van der Waals surface area contributed by atoms with Crippen molar-refractivity contribution in [2.45, 2.75) is 6.42 Å². The Morgan fingerprint density at radius 2 is 1.96 bits per heavy atom. The van der Waals surface area contributed by atoms with Crippen molar-refractivity contribution < 1.29 is 4.74 Å². The molecule has 0 fully saturated rings. The fourth-order valence-electron chi connectivity index (χ4n) is 3.57. The highest BCUT2D eigenvalue weighted by atomic mass is 16.5. The lowest BCUT2D eigenvalue weighted by Gasteiger charge is -2.22. The van der Waals surface area contributed by atoms with Gasteiger partial charge in [-0.15, -0.1) is 0 Å². The van der Waals surface area contributed by atoms with Crippen molar-refractivity contribution >= 4 is 34.1 Å². The van der Waals surface area contributed by atoms with Gasteiger partial charge in [-0.2, -0.15) is 10.2 Å². The molecule has 0 bridgehead atoms. The van der Waals surface area contributed by atoms with E-state index in [9.17, 15) is 0 Å². The van der Waals surface area contributed by atoms with Gasteiger partial charge in [-0.05, 0) is 22.9 Å². The molecule has 3 aromatic rings. The van der Waals surface area contributed by atoms with Gasteiger partial charge in [0.15, 0.2) is 11.3 Å². The molecule has 0 unspecified atom stereocenters. The topological polar surface area (TPSA) is 123 Å². The Morgan fingerprint density at radius 1 is 1.11 bits per heavy atom. The van der Waals surface area contributed by atoms with Crippen LogP contribution in [-0.4, -0.2) is 15.8 Å². The van der Waals surface area contributed by atoms with E-state index in [0.717, 1.165) is 21.9 Å². The second-order valence-corrected chi connectivity index (χ2v) is 6.53. The molecule has 2 aliphatic rings. The highest BCUT2D eigenvalue weighted by Gasteiger charge is 2.25. The van der Waals surface area contributed by atoms with E-state index < -0.39 is 0 Å². The Balaban J connectivity index is 2.02. The number of allylic oxidation sites excluding steroid dienone is 1. The minimum Gasteiger partial charge on any atom is -0.437 e. The number of rotatable bonds is 0. The molecule has 0 aliphatic carbocycles. The zero-order chi connectivity index (χ0) is 19.3. The maximum absolute atomic E-state index is 9.00. The molecule has 0 saturated heterocycles. The normalized spacial score (nSPS) is 17.2. The van der Waals surface area contributed by atoms with E-state index in [2.05, 4.69) is 15.0 Å². The van der Waals surface area contributed by atoms with Gasteiger partial charge >= 0.3 is 0 Å². The van der Waals surface area contributed by atoms with Crippen molar-refractivity contribution in [1.82, 2.24) is 9.97 Å². The molecule has 3 heterocycles. The number of aromatic nitrogens is 2. The van der Waals surface area contributed by atoms with Crippen LogP contribution in [0.3, 0.4) is 0 Å². The molecule has 0 radical (unpaired) electrons. The van der Waals surface area contributed by atoms with Crippen LogP contribution in [0.5, 0.6) is 11.6 Å². The fraction of sp³-hybridized carbons (Fsp3) is 0.0476. The van der Waals surface area contributed by atoms with E-state index in [1.54, 1.807) is 0 Å². The van der Waals surface area contributed by atoms with Crippen LogP contribution in [-0.2, 0) is 0 Å². The number of benzene rings is 2. The lowest BCUT2D eigenvalue weighted by molar-refractivity contribution is 0.450. The molecule has 1 aromatic heterocycles. The summed E-state index contributed by atoms with van der Waals surface area (Å²) < 4.78 is 6.10. The van der Waals surface area contributed by atoms with Crippen molar-refractivity contribution in [1.29, 1.82) is 5.26 Å². The standard InChI is InChI=1S/C21H14N6O/c22-8-7-17-26-20-19-14(9-12(23)10-16(24)25-20)18-13-4-2-1-3-11(13)5-6-15(18)28-21(19)27-17/h1-7,9H,10,23H2,(H2,24,25,26)/b12-9+,17-7+. The van der Waals surface area contributed by atoms with E-state index in [1.165, 1.54) is 6.08 Å². The van der Waals surface area contributed by atoms with E-state index in [1.807, 2.05) is 48.5 Å². The molecule has 0 atom stereocenters. The number of ether oxygens (including phenoxy) is 1. The monoisotopic (exact) mass is 366 g/mol. The Hall–Kier alpha value is -4.18. The summed E-state index contributed by atoms with van der Waals surface area (Å²) in [6, 6.07) is 13.9. The Kier molecular flexibility index (Phi) is 3.39. The highest BCUT2D eigenvalue weighted by molar-refractivity contribution is 6.01. The molecule has 0 saturated carbocycles. The first-order valence-electron chi connectivity index (χ1n) is 8.65. The summed E-state index contributed by atoms with van der Waals surface area (Å²) in [6.07, 6.45) is 3.44. The van der Waals surface area contributed by atoms with Gasteiger partial charge in [-0.3, -0.25) is 0 Å². The number of nitriles is 1. The van der Waals surface area contributed by atoms with Crippen molar-refractivity contribution in [3.05, 3.63) is 64.4 Å². The minimum atomic E-state index is 0.217. The van der Waals surface area contributed by atoms with Gasteiger partial charge in [0.05, 0.1) is 17.4 Å². The molecular weight excluding hydrogens is 352 g/mol. The van der Waals surface area contributed by atoms with Gasteiger partial charge in [0.2, 0.25) is 5.88 Å². The van der Waals surface area contributed by atoms with Gasteiger partial charge in [0, 0.05) is 23.3 Å². The summed E-state index contributed by atoms with van der Waals surface area (Å²) in [6.45, 7) is 0. The van der Waals surface area contributed by atoms with E-state index in [-0.39, 0.29) is 5.48 Å². The van der Waals surface area contributed by atoms with Crippen molar-refractivity contribution in [3.8, 4) is 17.7 Å². The van der Waals surface area contributed by atoms with Crippen molar-refractivity contribution in [3.63, 3.8) is 0 Å². The lowest BCUT2D eigenvalue weighted by Crippen LogP contribution is -2.28. The highest BCUT2D eigenvalue weighted by Crippen LogP contribution is 2.39. The van der Waals surface area contributed by atoms with E-state index >= 15 is 0 Å². The molecule has 2 aliphatic heterocycles. The minimum absolute atomic E-state index is 0.217. The van der Waals surface area contributed by atoms with Crippen LogP contribution in [0.15, 0.2) is 53.2 Å². The van der Waals surface area contributed by atoms with Gasteiger partial charge in [-0.1, -0.05) is 30.3 Å². The molecule has 28 heavy (non-hydrogen) atoms. The summed E-state index contributed by atoms with van der Waals surface area (Å²) in [7, 11) is 0. The Morgan fingerprint density at radius 3 is 2.82 bits per heavy atom. The van der Waals surface area contributed by atoms with E-state index in [4.69, 9.17) is 21.5 Å². The molecule has 2 aromatic carbocycles. The number of hydrogen-bond acceptors (Lipinski definition) is 7. The quantitative estimate of drug-likeness (QED) is 0.621. The number of hydrogen-bond donors (Lipinski definition) is 2. The summed E-state index contributed by atoms with van der Waals surface area (Å²) >= 11 is 0. The van der Waals surface area contributed by atoms with Crippen LogP contribution in [0.1, 0.15) is 12.0 Å². The first kappa shape index (κ1) is 16.0. The van der Waals surface area contributed by atoms with Gasteiger partial charge in [0.1, 0.15) is 11.6 Å². The van der Waals surface area contributed by atoms with Crippen LogP contribution in [0.4, 0.5) is 5.82 Å². The van der Waals surface area contributed by atoms with Crippen LogP contribution < -0.4 is 26.9 Å². The number of aliphatic imine (C=N–C) groups is 1. The van der Waals surface area contributed by atoms with Crippen molar-refractivity contribution in [2.75, 3.05) is 0 Å². The maximum atomic E-state index is 9.00. The lowest BCUT2D eigenvalue weighted by atomic mass is 9.93. The van der Waals surface area contributed by atoms with E-state index in [0.29, 0.717) is 40.6 Å². The predicted octanol–water partition coefficient (Wildman–Crippen LogP) is 1.47. The summed E-state index contributed by atoms with van der Waals surface area (Å²) in [5, 5.41) is 11.7. The van der Waals surface area contributed by atoms with Crippen molar-refractivity contribution in [2.24, 2.45) is 16.5 Å². The van der Waals surface area contributed by atoms with Crippen LogP contribution in [0.2, 0.25) is 0 Å². The average molecular weight is 366 g/mol. The number of fused-ring (bicyclic) bond motifs is 4. The first-order valence-corrected chi connectivity index (χ1v) is 8.65. The maximum Gasteiger partial charge on any atom is 0.233 e. The molecule has 5 rings (SSSR count). The Labute approximate surface area is 159 Å². The van der Waals surface area contributed by atoms with Gasteiger partial charge < -0.3 is 16.2 Å². The predicted molar refractivity (Wildman–Crippen MR) is 106 cm³/mol. The third-order valence-electron chi connectivity index (χ3n) is 4.67. The average Bonchev–Trinajstić information content (AvgIpc) is 2.66. The molecule has 134 valence electrons. The largest absolute Gasteiger partial charge is 0.437 e. The van der Waals surface area contributed by atoms with Crippen LogP contribution in [0, 0.1) is 11.3 Å². The number of amidine groups is 1. The van der Waals surface area contributed by atoms with Crippen LogP contribution >= 0.6 is 0 Å². The fourth-order valence-corrected chi connectivity index (χ4v) is 3.57. The summed E-state index contributed by atoms with van der Waals surface area (Å²) in [4.78, 5) is 13.2. The second-order valence-electron chi connectivity index (χ2n) is 6.53. The van der Waals surface area contributed by atoms with Gasteiger partial charge in [0.25, 0.3) is 0 Å². The molecule has 7 heteroatoms. The molecule has 0 amide bonds. The zero-order valence-corrected chi connectivity index (χ0v) is 14.7. The summed E-state index contributed by atoms with van der Waals surface area (Å²) in [5.41, 5.74) is 14.8. The Bertz CT molecular complexity index is 1390. The summed E-state index contributed by atoms with van der Waals surface area (Å²) in [5.74, 6) is 1.68. The molecule has 7 nitrogen and oxygen atoms in total. The third-order valence-corrected chi connectivity index (χ3v) is 4.67. The SMILES string of the molecule is N#C/C=c1\nc2c3c(n1)Oc1ccc4ccccc4c1C=3/C=C(/N)CC(N)=N2. The third kappa shape index (κ3) is 2.40. The molecule has 4 N–H and O–H groups in total. The number of nitrogens with zero attached hydrogens (tertiary/aromatic N) is 4. The molecular formula is C21H14N6O. The smallest absolute Gasteiger partial charge is 0.233 e. The second kappa shape index (κ2) is 5.93. The first-order chi connectivity index (χ1) is 13.6.